The third kappa shape index (κ3) is 1.54. The van der Waals surface area contributed by atoms with Crippen LogP contribution >= 0.6 is 12.2 Å². The van der Waals surface area contributed by atoms with Gasteiger partial charge in [0.05, 0.1) is 29.1 Å². The van der Waals surface area contributed by atoms with Gasteiger partial charge in [-0.3, -0.25) is 4.57 Å². The highest BCUT2D eigenvalue weighted by Crippen LogP contribution is 2.38. The fourth-order valence-electron chi connectivity index (χ4n) is 3.01. The average Bonchev–Trinajstić information content (AvgIpc) is 2.81. The summed E-state index contributed by atoms with van der Waals surface area (Å²) in [7, 11) is -2.98. The lowest BCUT2D eigenvalue weighted by Gasteiger charge is -2.11. The van der Waals surface area contributed by atoms with Gasteiger partial charge in [0, 0.05) is 5.39 Å². The fourth-order valence-corrected chi connectivity index (χ4v) is 5.22. The molecule has 2 unspecified atom stereocenters. The van der Waals surface area contributed by atoms with E-state index in [2.05, 4.69) is 10.3 Å². The molecular formula is C12H11N3O2S2. The maximum Gasteiger partial charge on any atom is 0.201 e. The summed E-state index contributed by atoms with van der Waals surface area (Å²) >= 11 is 5.32. The van der Waals surface area contributed by atoms with Crippen LogP contribution in [-0.2, 0) is 9.84 Å². The standard InChI is InChI=1S/C12H11N3O2S2/c16-19(17)5-9-10(6-19)15-11(13-9)7-3-1-2-4-8(7)14-12(15)18/h1-4,9-10,13H,5-6H2. The molecule has 2 atom stereocenters. The number of para-hydroxylation sites is 1. The van der Waals surface area contributed by atoms with Gasteiger partial charge in [0.1, 0.15) is 5.82 Å². The largest absolute Gasteiger partial charge is 0.365 e. The third-order valence-electron chi connectivity index (χ3n) is 3.80. The smallest absolute Gasteiger partial charge is 0.201 e. The van der Waals surface area contributed by atoms with Gasteiger partial charge in [-0.15, -0.1) is 0 Å². The Kier molecular flexibility index (Phi) is 2.12. The molecule has 1 aromatic carbocycles. The lowest BCUT2D eigenvalue weighted by atomic mass is 10.2. The van der Waals surface area contributed by atoms with Crippen LogP contribution in [0.25, 0.3) is 10.9 Å². The molecule has 0 amide bonds. The molecule has 0 saturated carbocycles. The van der Waals surface area contributed by atoms with Crippen LogP contribution in [-0.4, -0.2) is 35.5 Å². The number of sulfone groups is 1. The first kappa shape index (κ1) is 11.4. The van der Waals surface area contributed by atoms with Crippen LogP contribution in [0.1, 0.15) is 6.04 Å². The molecule has 0 bridgehead atoms. The lowest BCUT2D eigenvalue weighted by Crippen LogP contribution is -2.20. The van der Waals surface area contributed by atoms with E-state index in [4.69, 9.17) is 12.2 Å². The van der Waals surface area contributed by atoms with Crippen molar-refractivity contribution in [1.82, 2.24) is 9.55 Å². The Labute approximate surface area is 115 Å². The minimum Gasteiger partial charge on any atom is -0.365 e. The number of anilines is 1. The number of aromatic nitrogens is 2. The molecule has 5 nitrogen and oxygen atoms in total. The second-order valence-corrected chi connectivity index (χ2v) is 7.54. The van der Waals surface area contributed by atoms with Gasteiger partial charge < -0.3 is 5.32 Å². The molecule has 1 N–H and O–H groups in total. The zero-order valence-corrected chi connectivity index (χ0v) is 11.5. The SMILES string of the molecule is O=S1(=O)CC2Nc3c4ccccc4nc(=S)n3C2C1. The van der Waals surface area contributed by atoms with Crippen molar-refractivity contribution in [3.8, 4) is 0 Å². The van der Waals surface area contributed by atoms with Gasteiger partial charge in [-0.2, -0.15) is 0 Å². The van der Waals surface area contributed by atoms with E-state index in [1.54, 1.807) is 0 Å². The van der Waals surface area contributed by atoms with E-state index in [0.717, 1.165) is 16.7 Å². The van der Waals surface area contributed by atoms with E-state index in [-0.39, 0.29) is 23.6 Å². The second-order valence-electron chi connectivity index (χ2n) is 5.03. The second kappa shape index (κ2) is 3.55. The number of rotatable bonds is 0. The zero-order valence-electron chi connectivity index (χ0n) is 9.91. The predicted octanol–water partition coefficient (Wildman–Crippen LogP) is 1.53. The van der Waals surface area contributed by atoms with E-state index in [1.807, 2.05) is 28.8 Å². The molecular weight excluding hydrogens is 282 g/mol. The zero-order chi connectivity index (χ0) is 13.2. The van der Waals surface area contributed by atoms with Crippen LogP contribution < -0.4 is 5.32 Å². The van der Waals surface area contributed by atoms with Crippen molar-refractivity contribution >= 4 is 38.8 Å². The number of benzene rings is 1. The molecule has 4 rings (SSSR count). The van der Waals surface area contributed by atoms with Crippen molar-refractivity contribution in [3.05, 3.63) is 29.0 Å². The summed E-state index contributed by atoms with van der Waals surface area (Å²) in [6.07, 6.45) is 0. The summed E-state index contributed by atoms with van der Waals surface area (Å²) in [5.41, 5.74) is 0.842. The maximum atomic E-state index is 11.7. The Hall–Kier alpha value is -1.47. The molecule has 19 heavy (non-hydrogen) atoms. The van der Waals surface area contributed by atoms with Crippen molar-refractivity contribution in [2.24, 2.45) is 0 Å². The highest BCUT2D eigenvalue weighted by atomic mass is 32.2. The monoisotopic (exact) mass is 293 g/mol. The van der Waals surface area contributed by atoms with Gasteiger partial charge in [-0.05, 0) is 24.4 Å². The van der Waals surface area contributed by atoms with Gasteiger partial charge >= 0.3 is 0 Å². The molecule has 0 aliphatic carbocycles. The number of hydrogen-bond donors (Lipinski definition) is 1. The van der Waals surface area contributed by atoms with Gasteiger partial charge in [-0.25, -0.2) is 13.4 Å². The third-order valence-corrected chi connectivity index (χ3v) is 5.80. The maximum absolute atomic E-state index is 11.7. The van der Waals surface area contributed by atoms with Crippen LogP contribution in [0.2, 0.25) is 0 Å². The topological polar surface area (TPSA) is 64.0 Å². The van der Waals surface area contributed by atoms with Crippen LogP contribution in [0.4, 0.5) is 5.82 Å². The van der Waals surface area contributed by atoms with Crippen LogP contribution in [0.3, 0.4) is 0 Å². The molecule has 0 radical (unpaired) electrons. The lowest BCUT2D eigenvalue weighted by molar-refractivity contribution is 0.559. The summed E-state index contributed by atoms with van der Waals surface area (Å²) in [4.78, 5) is 4.40. The Bertz CT molecular complexity index is 857. The molecule has 1 aromatic heterocycles. The van der Waals surface area contributed by atoms with Crippen molar-refractivity contribution in [2.75, 3.05) is 16.8 Å². The van der Waals surface area contributed by atoms with E-state index in [9.17, 15) is 8.42 Å². The Morgan fingerprint density at radius 3 is 2.95 bits per heavy atom. The highest BCUT2D eigenvalue weighted by molar-refractivity contribution is 7.91. The Morgan fingerprint density at radius 1 is 1.32 bits per heavy atom. The van der Waals surface area contributed by atoms with Crippen molar-refractivity contribution < 1.29 is 8.42 Å². The molecule has 3 heterocycles. The minimum absolute atomic E-state index is 0.0840. The molecule has 2 aliphatic heterocycles. The first-order chi connectivity index (χ1) is 9.05. The molecule has 0 spiro atoms. The normalized spacial score (nSPS) is 26.9. The summed E-state index contributed by atoms with van der Waals surface area (Å²) < 4.78 is 25.8. The summed E-state index contributed by atoms with van der Waals surface area (Å²) in [5, 5.41) is 4.30. The summed E-state index contributed by atoms with van der Waals surface area (Å²) in [6.45, 7) is 0. The molecule has 98 valence electrons. The first-order valence-corrected chi connectivity index (χ1v) is 8.26. The molecule has 2 aliphatic rings. The summed E-state index contributed by atoms with van der Waals surface area (Å²) in [6, 6.07) is 7.55. The quantitative estimate of drug-likeness (QED) is 0.746. The van der Waals surface area contributed by atoms with Gasteiger partial charge in [0.2, 0.25) is 4.77 Å². The van der Waals surface area contributed by atoms with Crippen LogP contribution in [0, 0.1) is 4.77 Å². The van der Waals surface area contributed by atoms with Gasteiger partial charge in [0.25, 0.3) is 0 Å². The van der Waals surface area contributed by atoms with Crippen molar-refractivity contribution in [2.45, 2.75) is 12.1 Å². The van der Waals surface area contributed by atoms with Crippen molar-refractivity contribution in [1.29, 1.82) is 0 Å². The van der Waals surface area contributed by atoms with E-state index in [1.165, 1.54) is 0 Å². The molecule has 1 saturated heterocycles. The van der Waals surface area contributed by atoms with E-state index in [0.29, 0.717) is 4.77 Å². The number of hydrogen-bond acceptors (Lipinski definition) is 5. The first-order valence-electron chi connectivity index (χ1n) is 6.03. The highest BCUT2D eigenvalue weighted by Gasteiger charge is 2.44. The van der Waals surface area contributed by atoms with E-state index >= 15 is 0 Å². The minimum atomic E-state index is -2.98. The molecule has 1 fully saturated rings. The fraction of sp³-hybridized carbons (Fsp3) is 0.333. The van der Waals surface area contributed by atoms with Crippen LogP contribution in [0.15, 0.2) is 24.3 Å². The van der Waals surface area contributed by atoms with Crippen LogP contribution in [0.5, 0.6) is 0 Å². The van der Waals surface area contributed by atoms with E-state index < -0.39 is 9.84 Å². The average molecular weight is 293 g/mol. The Balaban J connectivity index is 2.02. The van der Waals surface area contributed by atoms with Crippen molar-refractivity contribution in [3.63, 3.8) is 0 Å². The Morgan fingerprint density at radius 2 is 2.11 bits per heavy atom. The summed E-state index contributed by atoms with van der Waals surface area (Å²) in [5.74, 6) is 1.22. The molecule has 2 aromatic rings. The number of nitrogens with zero attached hydrogens (tertiary/aromatic N) is 2. The predicted molar refractivity (Wildman–Crippen MR) is 75.7 cm³/mol. The van der Waals surface area contributed by atoms with Gasteiger partial charge in [0.15, 0.2) is 9.84 Å². The molecule has 7 heteroatoms. The number of nitrogens with one attached hydrogen (secondary N) is 1. The van der Waals surface area contributed by atoms with Gasteiger partial charge in [-0.1, -0.05) is 12.1 Å². The number of fused-ring (bicyclic) bond motifs is 5.